The second-order valence-corrected chi connectivity index (χ2v) is 6.01. The zero-order valence-electron chi connectivity index (χ0n) is 14.1. The number of H-pyrrole nitrogens is 1. The van der Waals surface area contributed by atoms with Crippen molar-refractivity contribution in [1.29, 1.82) is 0 Å². The van der Waals surface area contributed by atoms with Gasteiger partial charge in [0.2, 0.25) is 5.91 Å². The standard InChI is InChI=1S/C20H15N3O4/c24-18-9-10-23(20(26)22-18)12-19(25)21-15-7-5-13(6-8-15)17-11-14-3-1-2-4-16(14)27-17/h1-11H,12H2,(H,21,25)(H,22,24,26). The van der Waals surface area contributed by atoms with Gasteiger partial charge in [-0.3, -0.25) is 19.1 Å². The largest absolute Gasteiger partial charge is 0.456 e. The number of rotatable bonds is 4. The van der Waals surface area contributed by atoms with Gasteiger partial charge in [0.25, 0.3) is 5.56 Å². The molecule has 0 fully saturated rings. The van der Waals surface area contributed by atoms with Crippen LogP contribution in [0.1, 0.15) is 0 Å². The molecule has 4 aromatic rings. The topological polar surface area (TPSA) is 97.1 Å². The lowest BCUT2D eigenvalue weighted by atomic mass is 10.1. The van der Waals surface area contributed by atoms with Gasteiger partial charge >= 0.3 is 5.69 Å². The average molecular weight is 361 g/mol. The Bertz CT molecular complexity index is 1200. The second kappa shape index (κ2) is 6.80. The molecule has 0 unspecified atom stereocenters. The van der Waals surface area contributed by atoms with Crippen molar-refractivity contribution in [1.82, 2.24) is 9.55 Å². The third kappa shape index (κ3) is 3.57. The number of furan rings is 1. The molecule has 0 atom stereocenters. The molecule has 0 spiro atoms. The van der Waals surface area contributed by atoms with E-state index in [0.717, 1.165) is 26.9 Å². The van der Waals surface area contributed by atoms with Crippen LogP contribution in [0.15, 0.2) is 80.9 Å². The summed E-state index contributed by atoms with van der Waals surface area (Å²) in [6.45, 7) is -0.194. The first kappa shape index (κ1) is 16.6. The first-order valence-electron chi connectivity index (χ1n) is 8.27. The molecule has 7 nitrogen and oxygen atoms in total. The smallest absolute Gasteiger partial charge is 0.328 e. The van der Waals surface area contributed by atoms with Gasteiger partial charge in [0.15, 0.2) is 0 Å². The van der Waals surface area contributed by atoms with Gasteiger partial charge in [-0.1, -0.05) is 18.2 Å². The summed E-state index contributed by atoms with van der Waals surface area (Å²) in [5.74, 6) is 0.370. The van der Waals surface area contributed by atoms with Crippen molar-refractivity contribution in [3.63, 3.8) is 0 Å². The van der Waals surface area contributed by atoms with Crippen LogP contribution in [0.25, 0.3) is 22.3 Å². The summed E-state index contributed by atoms with van der Waals surface area (Å²) in [6.07, 6.45) is 1.28. The fourth-order valence-corrected chi connectivity index (χ4v) is 2.77. The van der Waals surface area contributed by atoms with E-state index < -0.39 is 11.2 Å². The van der Waals surface area contributed by atoms with Crippen LogP contribution in [-0.2, 0) is 11.3 Å². The molecule has 2 aromatic heterocycles. The van der Waals surface area contributed by atoms with Crippen molar-refractivity contribution in [2.24, 2.45) is 0 Å². The van der Waals surface area contributed by atoms with Gasteiger partial charge < -0.3 is 9.73 Å². The molecule has 2 aromatic carbocycles. The molecule has 0 saturated carbocycles. The molecule has 27 heavy (non-hydrogen) atoms. The Morgan fingerprint density at radius 2 is 1.81 bits per heavy atom. The van der Waals surface area contributed by atoms with Crippen LogP contribution in [-0.4, -0.2) is 15.5 Å². The van der Waals surface area contributed by atoms with Gasteiger partial charge in [0.05, 0.1) is 0 Å². The van der Waals surface area contributed by atoms with E-state index in [-0.39, 0.29) is 12.5 Å². The van der Waals surface area contributed by atoms with E-state index in [1.165, 1.54) is 12.3 Å². The molecule has 2 N–H and O–H groups in total. The number of carbonyl (C=O) groups excluding carboxylic acids is 1. The third-order valence-corrected chi connectivity index (χ3v) is 4.09. The molecular weight excluding hydrogens is 346 g/mol. The Kier molecular flexibility index (Phi) is 4.18. The summed E-state index contributed by atoms with van der Waals surface area (Å²) in [5.41, 5.74) is 1.17. The molecule has 0 saturated heterocycles. The number of anilines is 1. The summed E-state index contributed by atoms with van der Waals surface area (Å²) < 4.78 is 6.95. The highest BCUT2D eigenvalue weighted by molar-refractivity contribution is 5.91. The van der Waals surface area contributed by atoms with Crippen LogP contribution < -0.4 is 16.6 Å². The van der Waals surface area contributed by atoms with E-state index in [1.54, 1.807) is 12.1 Å². The van der Waals surface area contributed by atoms with E-state index in [1.807, 2.05) is 42.5 Å². The summed E-state index contributed by atoms with van der Waals surface area (Å²) in [4.78, 5) is 36.9. The Morgan fingerprint density at radius 1 is 1.04 bits per heavy atom. The maximum atomic E-state index is 12.1. The van der Waals surface area contributed by atoms with Crippen LogP contribution in [0.3, 0.4) is 0 Å². The van der Waals surface area contributed by atoms with Gasteiger partial charge in [-0.15, -0.1) is 0 Å². The Morgan fingerprint density at radius 3 is 2.56 bits per heavy atom. The zero-order chi connectivity index (χ0) is 18.8. The van der Waals surface area contributed by atoms with E-state index in [2.05, 4.69) is 10.3 Å². The molecule has 0 radical (unpaired) electrons. The fraction of sp³-hybridized carbons (Fsp3) is 0.0500. The Balaban J connectivity index is 1.48. The number of hydrogen-bond donors (Lipinski definition) is 2. The first-order valence-corrected chi connectivity index (χ1v) is 8.27. The highest BCUT2D eigenvalue weighted by Gasteiger charge is 2.08. The van der Waals surface area contributed by atoms with Crippen LogP contribution in [0.2, 0.25) is 0 Å². The highest BCUT2D eigenvalue weighted by Crippen LogP contribution is 2.28. The number of aromatic nitrogens is 2. The molecule has 4 rings (SSSR count). The lowest BCUT2D eigenvalue weighted by Gasteiger charge is -2.07. The molecule has 7 heteroatoms. The lowest BCUT2D eigenvalue weighted by Crippen LogP contribution is -2.32. The van der Waals surface area contributed by atoms with Crippen molar-refractivity contribution in [2.75, 3.05) is 5.32 Å². The second-order valence-electron chi connectivity index (χ2n) is 6.01. The number of nitrogens with zero attached hydrogens (tertiary/aromatic N) is 1. The first-order chi connectivity index (χ1) is 13.1. The average Bonchev–Trinajstić information content (AvgIpc) is 3.09. The summed E-state index contributed by atoms with van der Waals surface area (Å²) in [7, 11) is 0. The number of benzene rings is 2. The Hall–Kier alpha value is -3.87. The zero-order valence-corrected chi connectivity index (χ0v) is 14.1. The maximum absolute atomic E-state index is 12.1. The van der Waals surface area contributed by atoms with E-state index in [4.69, 9.17) is 4.42 Å². The third-order valence-electron chi connectivity index (χ3n) is 4.09. The highest BCUT2D eigenvalue weighted by atomic mass is 16.3. The number of carbonyl (C=O) groups is 1. The van der Waals surface area contributed by atoms with Crippen LogP contribution in [0.5, 0.6) is 0 Å². The molecule has 2 heterocycles. The van der Waals surface area contributed by atoms with E-state index in [9.17, 15) is 14.4 Å². The summed E-state index contributed by atoms with van der Waals surface area (Å²) in [5, 5.41) is 3.74. The number of amides is 1. The number of nitrogens with one attached hydrogen (secondary N) is 2. The van der Waals surface area contributed by atoms with Gasteiger partial charge in [0.1, 0.15) is 17.9 Å². The minimum absolute atomic E-state index is 0.194. The van der Waals surface area contributed by atoms with Gasteiger partial charge in [-0.05, 0) is 36.4 Å². The van der Waals surface area contributed by atoms with Gasteiger partial charge in [-0.2, -0.15) is 0 Å². The van der Waals surface area contributed by atoms with E-state index in [0.29, 0.717) is 5.69 Å². The predicted octanol–water partition coefficient (Wildman–Crippen LogP) is 2.59. The summed E-state index contributed by atoms with van der Waals surface area (Å²) >= 11 is 0. The van der Waals surface area contributed by atoms with Gasteiger partial charge in [0, 0.05) is 28.9 Å². The van der Waals surface area contributed by atoms with Crippen molar-refractivity contribution >= 4 is 22.6 Å². The fourth-order valence-electron chi connectivity index (χ4n) is 2.77. The molecule has 0 aliphatic carbocycles. The molecule has 1 amide bonds. The van der Waals surface area contributed by atoms with Crippen molar-refractivity contribution in [3.05, 3.63) is 87.7 Å². The van der Waals surface area contributed by atoms with Crippen LogP contribution in [0.4, 0.5) is 5.69 Å². The molecular formula is C20H15N3O4. The maximum Gasteiger partial charge on any atom is 0.328 e. The monoisotopic (exact) mass is 361 g/mol. The van der Waals surface area contributed by atoms with Crippen molar-refractivity contribution in [3.8, 4) is 11.3 Å². The quantitative estimate of drug-likeness (QED) is 0.584. The normalized spacial score (nSPS) is 10.8. The number of aromatic amines is 1. The van der Waals surface area contributed by atoms with Crippen molar-refractivity contribution < 1.29 is 9.21 Å². The summed E-state index contributed by atoms with van der Waals surface area (Å²) in [6, 6.07) is 18.1. The number of fused-ring (bicyclic) bond motifs is 1. The van der Waals surface area contributed by atoms with Crippen molar-refractivity contribution in [2.45, 2.75) is 6.54 Å². The SMILES string of the molecule is O=C(Cn1ccc(=O)[nH]c1=O)Nc1ccc(-c2cc3ccccc3o2)cc1. The Labute approximate surface area is 152 Å². The molecule has 0 bridgehead atoms. The molecule has 0 aliphatic heterocycles. The number of para-hydroxylation sites is 1. The molecule has 0 aliphatic rings. The lowest BCUT2D eigenvalue weighted by molar-refractivity contribution is -0.116. The minimum Gasteiger partial charge on any atom is -0.456 e. The van der Waals surface area contributed by atoms with E-state index >= 15 is 0 Å². The van der Waals surface area contributed by atoms with Gasteiger partial charge in [-0.25, -0.2) is 4.79 Å². The molecule has 134 valence electrons. The van der Waals surface area contributed by atoms with Crippen LogP contribution in [0, 0.1) is 0 Å². The van der Waals surface area contributed by atoms with Crippen LogP contribution >= 0.6 is 0 Å². The number of hydrogen-bond acceptors (Lipinski definition) is 4. The predicted molar refractivity (Wildman–Crippen MR) is 102 cm³/mol. The minimum atomic E-state index is -0.627.